The number of ether oxygens (including phenoxy) is 3. The molecule has 5 nitrogen and oxygen atoms in total. The fourth-order valence-corrected chi connectivity index (χ4v) is 2.32. The number of rotatable bonds is 3. The lowest BCUT2D eigenvalue weighted by Crippen LogP contribution is -2.21. The third-order valence-electron chi connectivity index (χ3n) is 3.41. The van der Waals surface area contributed by atoms with Gasteiger partial charge >= 0.3 is 5.97 Å². The molecule has 2 aliphatic rings. The maximum absolute atomic E-state index is 13.9. The molecule has 18 heavy (non-hydrogen) atoms. The SMILES string of the molecule is COc1c(F)cc2c(c1C1(C(=O)O)CC1)OCO2. The van der Waals surface area contributed by atoms with Crippen molar-refractivity contribution in [1.82, 2.24) is 0 Å². The first kappa shape index (κ1) is 11.1. The Kier molecular flexibility index (Phi) is 2.17. The van der Waals surface area contributed by atoms with Crippen molar-refractivity contribution in [3.05, 3.63) is 17.4 Å². The monoisotopic (exact) mass is 254 g/mol. The molecule has 0 aromatic heterocycles. The first-order valence-corrected chi connectivity index (χ1v) is 5.50. The van der Waals surface area contributed by atoms with Crippen LogP contribution >= 0.6 is 0 Å². The highest BCUT2D eigenvalue weighted by Gasteiger charge is 2.56. The quantitative estimate of drug-likeness (QED) is 0.889. The molecule has 0 amide bonds. The van der Waals surface area contributed by atoms with E-state index in [-0.39, 0.29) is 29.6 Å². The minimum absolute atomic E-state index is 0.0371. The second kappa shape index (κ2) is 3.51. The zero-order chi connectivity index (χ0) is 12.9. The van der Waals surface area contributed by atoms with Crippen LogP contribution in [0.3, 0.4) is 0 Å². The number of methoxy groups -OCH3 is 1. The number of carbonyl (C=O) groups is 1. The Hall–Kier alpha value is -1.98. The molecule has 1 aliphatic heterocycles. The molecule has 1 heterocycles. The molecule has 0 spiro atoms. The predicted molar refractivity (Wildman–Crippen MR) is 57.6 cm³/mol. The van der Waals surface area contributed by atoms with Crippen LogP contribution in [0.1, 0.15) is 18.4 Å². The highest BCUT2D eigenvalue weighted by atomic mass is 19.1. The van der Waals surface area contributed by atoms with Crippen molar-refractivity contribution >= 4 is 5.97 Å². The second-order valence-electron chi connectivity index (χ2n) is 4.39. The Morgan fingerprint density at radius 1 is 1.50 bits per heavy atom. The molecular formula is C12H11FO5. The molecule has 3 rings (SSSR count). The molecule has 0 saturated heterocycles. The van der Waals surface area contributed by atoms with Gasteiger partial charge in [0, 0.05) is 6.07 Å². The van der Waals surface area contributed by atoms with Crippen LogP contribution in [0.25, 0.3) is 0 Å². The maximum Gasteiger partial charge on any atom is 0.314 e. The molecule has 1 saturated carbocycles. The van der Waals surface area contributed by atoms with Gasteiger partial charge < -0.3 is 19.3 Å². The van der Waals surface area contributed by atoms with E-state index >= 15 is 0 Å². The average Bonchev–Trinajstić information content (AvgIpc) is 3.01. The van der Waals surface area contributed by atoms with E-state index in [1.807, 2.05) is 0 Å². The topological polar surface area (TPSA) is 65.0 Å². The number of benzene rings is 1. The van der Waals surface area contributed by atoms with Crippen LogP contribution < -0.4 is 14.2 Å². The third kappa shape index (κ3) is 1.28. The van der Waals surface area contributed by atoms with Crippen molar-refractivity contribution < 1.29 is 28.5 Å². The number of aliphatic carboxylic acids is 1. The fourth-order valence-electron chi connectivity index (χ4n) is 2.32. The zero-order valence-corrected chi connectivity index (χ0v) is 9.66. The van der Waals surface area contributed by atoms with Crippen LogP contribution in [0.15, 0.2) is 6.07 Å². The van der Waals surface area contributed by atoms with Crippen molar-refractivity contribution in [2.24, 2.45) is 0 Å². The van der Waals surface area contributed by atoms with Gasteiger partial charge in [-0.2, -0.15) is 0 Å². The Balaban J connectivity index is 2.27. The Morgan fingerprint density at radius 2 is 2.22 bits per heavy atom. The van der Waals surface area contributed by atoms with Gasteiger partial charge in [-0.1, -0.05) is 0 Å². The molecule has 96 valence electrons. The van der Waals surface area contributed by atoms with Crippen LogP contribution in [0.4, 0.5) is 4.39 Å². The maximum atomic E-state index is 13.9. The lowest BCUT2D eigenvalue weighted by molar-refractivity contribution is -0.140. The van der Waals surface area contributed by atoms with Crippen LogP contribution in [-0.4, -0.2) is 25.0 Å². The first-order chi connectivity index (χ1) is 8.60. The normalized spacial score (nSPS) is 18.6. The van der Waals surface area contributed by atoms with Gasteiger partial charge in [0.2, 0.25) is 6.79 Å². The number of hydrogen-bond donors (Lipinski definition) is 1. The van der Waals surface area contributed by atoms with Gasteiger partial charge in [-0.3, -0.25) is 4.79 Å². The highest BCUT2D eigenvalue weighted by molar-refractivity contribution is 5.88. The minimum Gasteiger partial charge on any atom is -0.493 e. The van der Waals surface area contributed by atoms with E-state index in [0.717, 1.165) is 6.07 Å². The predicted octanol–water partition coefficient (Wildman–Crippen LogP) is 1.68. The standard InChI is InChI=1S/C12H11FO5/c1-16-9-6(13)4-7-10(18-5-17-7)8(9)12(2-3-12)11(14)15/h4H,2-3,5H2,1H3,(H,14,15). The molecular weight excluding hydrogens is 243 g/mol. The third-order valence-corrected chi connectivity index (χ3v) is 3.41. The van der Waals surface area contributed by atoms with Gasteiger partial charge in [-0.15, -0.1) is 0 Å². The van der Waals surface area contributed by atoms with Gasteiger partial charge in [0.1, 0.15) is 5.41 Å². The molecule has 1 aromatic rings. The van der Waals surface area contributed by atoms with Gasteiger partial charge in [0.15, 0.2) is 23.1 Å². The van der Waals surface area contributed by atoms with Crippen molar-refractivity contribution in [3.8, 4) is 17.2 Å². The van der Waals surface area contributed by atoms with Crippen molar-refractivity contribution in [1.29, 1.82) is 0 Å². The van der Waals surface area contributed by atoms with Crippen LogP contribution in [0.2, 0.25) is 0 Å². The summed E-state index contributed by atoms with van der Waals surface area (Å²) in [4.78, 5) is 11.4. The van der Waals surface area contributed by atoms with Crippen LogP contribution in [0, 0.1) is 5.82 Å². The highest BCUT2D eigenvalue weighted by Crippen LogP contribution is 2.58. The summed E-state index contributed by atoms with van der Waals surface area (Å²) in [6.45, 7) is -0.0371. The molecule has 0 radical (unpaired) electrons. The van der Waals surface area contributed by atoms with E-state index in [1.165, 1.54) is 7.11 Å². The molecule has 6 heteroatoms. The molecule has 0 bridgehead atoms. The summed E-state index contributed by atoms with van der Waals surface area (Å²) < 4.78 is 29.3. The molecule has 0 atom stereocenters. The fraction of sp³-hybridized carbons (Fsp3) is 0.417. The molecule has 1 fully saturated rings. The number of carboxylic acids is 1. The zero-order valence-electron chi connectivity index (χ0n) is 9.66. The van der Waals surface area contributed by atoms with E-state index in [2.05, 4.69) is 0 Å². The summed E-state index contributed by atoms with van der Waals surface area (Å²) in [7, 11) is 1.31. The lowest BCUT2D eigenvalue weighted by atomic mass is 9.93. The van der Waals surface area contributed by atoms with Crippen molar-refractivity contribution in [3.63, 3.8) is 0 Å². The van der Waals surface area contributed by atoms with Gasteiger partial charge in [0.05, 0.1) is 12.7 Å². The summed E-state index contributed by atoms with van der Waals surface area (Å²) in [6, 6.07) is 1.16. The van der Waals surface area contributed by atoms with E-state index in [1.54, 1.807) is 0 Å². The summed E-state index contributed by atoms with van der Waals surface area (Å²) in [6.07, 6.45) is 0.885. The average molecular weight is 254 g/mol. The summed E-state index contributed by atoms with van der Waals surface area (Å²) >= 11 is 0. The lowest BCUT2D eigenvalue weighted by Gasteiger charge is -2.17. The van der Waals surface area contributed by atoms with Crippen molar-refractivity contribution in [2.45, 2.75) is 18.3 Å². The molecule has 1 N–H and O–H groups in total. The number of hydrogen-bond acceptors (Lipinski definition) is 4. The number of carboxylic acid groups (broad SMARTS) is 1. The number of halogens is 1. The summed E-state index contributed by atoms with van der Waals surface area (Å²) in [5.41, 5.74) is -0.851. The van der Waals surface area contributed by atoms with Gasteiger partial charge in [-0.25, -0.2) is 4.39 Å². The van der Waals surface area contributed by atoms with Crippen LogP contribution in [-0.2, 0) is 10.2 Å². The van der Waals surface area contributed by atoms with Gasteiger partial charge in [0.25, 0.3) is 0 Å². The van der Waals surface area contributed by atoms with Gasteiger partial charge in [-0.05, 0) is 12.8 Å². The van der Waals surface area contributed by atoms with E-state index in [9.17, 15) is 14.3 Å². The van der Waals surface area contributed by atoms with E-state index in [0.29, 0.717) is 12.8 Å². The van der Waals surface area contributed by atoms with Crippen LogP contribution in [0.5, 0.6) is 17.2 Å². The largest absolute Gasteiger partial charge is 0.493 e. The van der Waals surface area contributed by atoms with E-state index < -0.39 is 17.2 Å². The molecule has 0 unspecified atom stereocenters. The summed E-state index contributed by atoms with van der Waals surface area (Å²) in [5.74, 6) is -1.18. The number of fused-ring (bicyclic) bond motifs is 1. The first-order valence-electron chi connectivity index (χ1n) is 5.50. The second-order valence-corrected chi connectivity index (χ2v) is 4.39. The molecule has 1 aliphatic carbocycles. The molecule has 1 aromatic carbocycles. The Morgan fingerprint density at radius 3 is 2.78 bits per heavy atom. The smallest absolute Gasteiger partial charge is 0.314 e. The summed E-state index contributed by atoms with van der Waals surface area (Å²) in [5, 5.41) is 9.32. The minimum atomic E-state index is -1.11. The Labute approximate surface area is 102 Å². The van der Waals surface area contributed by atoms with Crippen molar-refractivity contribution in [2.75, 3.05) is 13.9 Å². The van der Waals surface area contributed by atoms with E-state index in [4.69, 9.17) is 14.2 Å². The Bertz CT molecular complexity index is 532.